The molecule has 0 radical (unpaired) electrons. The molecule has 2 aromatic rings. The van der Waals surface area contributed by atoms with Gasteiger partial charge in [-0.1, -0.05) is 23.7 Å². The van der Waals surface area contributed by atoms with Gasteiger partial charge >= 0.3 is 24.6 Å². The Labute approximate surface area is 110 Å². The van der Waals surface area contributed by atoms with E-state index in [4.69, 9.17) is 11.6 Å². The molecule has 0 aromatic carbocycles. The summed E-state index contributed by atoms with van der Waals surface area (Å²) in [6, 6.07) is 9.98. The Bertz CT molecular complexity index is 324. The first-order valence-electron chi connectivity index (χ1n) is 4.03. The second kappa shape index (κ2) is 10.7. The Balaban J connectivity index is 0.000000244. The van der Waals surface area contributed by atoms with Crippen LogP contribution in [0.25, 0.3) is 0 Å². The fourth-order valence-electron chi connectivity index (χ4n) is 0.684. The molecule has 0 saturated carbocycles. The summed E-state index contributed by atoms with van der Waals surface area (Å²) >= 11 is 6.88. The zero-order valence-corrected chi connectivity index (χ0v) is 10.2. The maximum absolute atomic E-state index is 11.8. The van der Waals surface area contributed by atoms with Crippen molar-refractivity contribution < 1.29 is 29.0 Å². The molecule has 0 aliphatic carbocycles. The number of rotatable bonds is 0. The summed E-state index contributed by atoms with van der Waals surface area (Å²) in [5.41, 5.74) is 0. The number of hydrogen-bond acceptors (Lipinski definition) is 2. The zero-order valence-electron chi connectivity index (χ0n) is 7.95. The van der Waals surface area contributed by atoms with Crippen LogP contribution in [0.4, 0.5) is 7.41 Å². The molecule has 0 saturated heterocycles. The molecule has 6 heteroatoms. The summed E-state index contributed by atoms with van der Waals surface area (Å²) in [4.78, 5) is 7.06. The van der Waals surface area contributed by atoms with Gasteiger partial charge in [0, 0.05) is 12.4 Å². The van der Waals surface area contributed by atoms with Crippen LogP contribution in [0.5, 0.6) is 0 Å². The topological polar surface area (TPSA) is 25.8 Å². The van der Waals surface area contributed by atoms with Gasteiger partial charge in [0.25, 0.3) is 0 Å². The zero-order chi connectivity index (χ0) is 12.2. The molecule has 0 spiro atoms. The van der Waals surface area contributed by atoms with Gasteiger partial charge in [-0.05, 0) is 24.3 Å². The van der Waals surface area contributed by atoms with E-state index >= 15 is 0 Å². The molecular formula is C10H8AgClF2N2. The third-order valence-corrected chi connectivity index (χ3v) is 1.48. The van der Waals surface area contributed by atoms with Gasteiger partial charge in [-0.2, -0.15) is 4.39 Å². The van der Waals surface area contributed by atoms with E-state index in [1.165, 1.54) is 33.9 Å². The van der Waals surface area contributed by atoms with Crippen LogP contribution in [-0.2, 0) is 21.6 Å². The molecule has 90 valence electrons. The Kier molecular flexibility index (Phi) is 10.2. The van der Waals surface area contributed by atoms with Crippen LogP contribution in [0.15, 0.2) is 48.8 Å². The van der Waals surface area contributed by atoms with Crippen LogP contribution >= 0.6 is 11.6 Å². The first-order chi connectivity index (χ1) is 7.79. The predicted octanol–water partition coefficient (Wildman–Crippen LogP) is 3.37. The van der Waals surface area contributed by atoms with E-state index in [-0.39, 0.29) is 0 Å². The van der Waals surface area contributed by atoms with E-state index in [0.717, 1.165) is 0 Å². The van der Waals surface area contributed by atoms with Crippen molar-refractivity contribution in [2.24, 2.45) is 0 Å². The van der Waals surface area contributed by atoms with E-state index in [2.05, 4.69) is 9.97 Å². The monoisotopic (exact) mass is 336 g/mol. The van der Waals surface area contributed by atoms with Crippen molar-refractivity contribution >= 4 is 11.6 Å². The van der Waals surface area contributed by atoms with Gasteiger partial charge in [-0.25, -0.2) is 9.97 Å². The molecule has 2 aromatic heterocycles. The molecule has 0 fully saturated rings. The normalized spacial score (nSPS) is 8.06. The van der Waals surface area contributed by atoms with Gasteiger partial charge in [-0.3, -0.25) is 0 Å². The van der Waals surface area contributed by atoms with Crippen LogP contribution in [-0.4, -0.2) is 9.97 Å². The maximum atomic E-state index is 11.8. The van der Waals surface area contributed by atoms with Crippen molar-refractivity contribution in [1.82, 2.24) is 9.97 Å². The molecule has 0 aliphatic heterocycles. The minimum absolute atomic E-state index is 0.428. The van der Waals surface area contributed by atoms with E-state index in [1.807, 2.05) is 12.1 Å². The second-order valence-corrected chi connectivity index (χ2v) is 2.69. The van der Waals surface area contributed by atoms with Gasteiger partial charge in [0.2, 0.25) is 5.95 Å². The van der Waals surface area contributed by atoms with Gasteiger partial charge in [0.05, 0.1) is 0 Å². The van der Waals surface area contributed by atoms with Crippen LogP contribution in [0.3, 0.4) is 0 Å². The van der Waals surface area contributed by atoms with Crippen LogP contribution in [0.2, 0.25) is 5.15 Å². The van der Waals surface area contributed by atoms with Crippen molar-refractivity contribution in [2.75, 3.05) is 0 Å². The second-order valence-electron chi connectivity index (χ2n) is 2.30. The summed E-state index contributed by atoms with van der Waals surface area (Å²) in [6.45, 7) is 0. The Morgan fingerprint density at radius 1 is 0.938 bits per heavy atom. The van der Waals surface area contributed by atoms with Crippen LogP contribution < -0.4 is 0 Å². The summed E-state index contributed by atoms with van der Waals surface area (Å²) in [5.74, 6) is -0.428. The fourth-order valence-corrected chi connectivity index (χ4v) is 0.813. The molecule has 0 unspecified atom stereocenters. The first kappa shape index (κ1) is 15.2. The molecule has 0 aliphatic rings. The summed E-state index contributed by atoms with van der Waals surface area (Å²) in [5, 5.41) is 0.544. The molecule has 2 rings (SSSR count). The summed E-state index contributed by atoms with van der Waals surface area (Å²) in [6.07, 6.45) is 3.07. The predicted molar refractivity (Wildman–Crippen MR) is 54.6 cm³/mol. The van der Waals surface area contributed by atoms with E-state index in [1.54, 1.807) is 24.4 Å². The Morgan fingerprint density at radius 2 is 1.50 bits per heavy atom. The van der Waals surface area contributed by atoms with Gasteiger partial charge in [0.15, 0.2) is 0 Å². The van der Waals surface area contributed by atoms with Gasteiger partial charge < -0.3 is 0 Å². The van der Waals surface area contributed by atoms with Crippen molar-refractivity contribution in [1.29, 1.82) is 0 Å². The average Bonchev–Trinajstić information content (AvgIpc) is 2.34. The molecular weight excluding hydrogens is 329 g/mol. The molecule has 0 amide bonds. The number of aromatic nitrogens is 2. The molecule has 2 heterocycles. The molecule has 2 nitrogen and oxygen atoms in total. The number of nitrogens with zero attached hydrogens (tertiary/aromatic N) is 2. The van der Waals surface area contributed by atoms with Crippen LogP contribution in [0, 0.1) is 5.95 Å². The third kappa shape index (κ3) is 8.49. The third-order valence-electron chi connectivity index (χ3n) is 1.26. The Morgan fingerprint density at radius 3 is 1.69 bits per heavy atom. The van der Waals surface area contributed by atoms with Crippen molar-refractivity contribution in [2.45, 2.75) is 0 Å². The quantitative estimate of drug-likeness (QED) is 0.544. The fraction of sp³-hybridized carbons (Fsp3) is 0. The first-order valence-corrected chi connectivity index (χ1v) is 4.97. The number of pyridine rings is 2. The molecule has 0 N–H and O–H groups in total. The SMILES string of the molecule is Clc1ccccn1.Fc1ccccn1.[F][Ag]. The van der Waals surface area contributed by atoms with Gasteiger partial charge in [-0.15, -0.1) is 0 Å². The summed E-state index contributed by atoms with van der Waals surface area (Å²) in [7, 11) is 0. The van der Waals surface area contributed by atoms with Crippen molar-refractivity contribution in [3.05, 3.63) is 59.9 Å². The molecule has 0 bridgehead atoms. The molecule has 0 atom stereocenters. The molecule has 16 heavy (non-hydrogen) atoms. The average molecular weight is 338 g/mol. The number of halogens is 3. The van der Waals surface area contributed by atoms with Crippen molar-refractivity contribution in [3.8, 4) is 0 Å². The van der Waals surface area contributed by atoms with E-state index in [9.17, 15) is 7.41 Å². The van der Waals surface area contributed by atoms with Crippen LogP contribution in [0.1, 0.15) is 0 Å². The number of hydrogen-bond donors (Lipinski definition) is 0. The standard InChI is InChI=1S/C5H4ClN.C5H4FN.Ag.FH/c2*6-5-3-1-2-4-7-5;;/h2*1-4H;;1H/q;;+1;/p-1. The minimum atomic E-state index is -0.428. The van der Waals surface area contributed by atoms with E-state index in [0.29, 0.717) is 5.15 Å². The summed E-state index contributed by atoms with van der Waals surface area (Å²) < 4.78 is 21.1. The Hall–Kier alpha value is -0.810. The van der Waals surface area contributed by atoms with Crippen molar-refractivity contribution in [3.63, 3.8) is 0 Å². The van der Waals surface area contributed by atoms with Gasteiger partial charge in [0.1, 0.15) is 5.15 Å². The van der Waals surface area contributed by atoms with E-state index < -0.39 is 5.95 Å².